The Morgan fingerprint density at radius 1 is 1.10 bits per heavy atom. The van der Waals surface area contributed by atoms with Crippen LogP contribution in [-0.4, -0.2) is 67.1 Å². The van der Waals surface area contributed by atoms with Crippen LogP contribution in [0.1, 0.15) is 30.1 Å². The molecule has 0 aromatic heterocycles. The first-order valence-corrected chi connectivity index (χ1v) is 11.0. The highest BCUT2D eigenvalue weighted by atomic mass is 16.3. The average molecular weight is 410 g/mol. The lowest BCUT2D eigenvalue weighted by atomic mass is 9.95. The first kappa shape index (κ1) is 22.5. The zero-order valence-corrected chi connectivity index (χ0v) is 18.0. The lowest BCUT2D eigenvalue weighted by Crippen LogP contribution is -2.42. The molecule has 5 heteroatoms. The molecule has 30 heavy (non-hydrogen) atoms. The van der Waals surface area contributed by atoms with E-state index in [-0.39, 0.29) is 5.91 Å². The minimum Gasteiger partial charge on any atom is -0.387 e. The van der Waals surface area contributed by atoms with Crippen molar-refractivity contribution in [1.29, 1.82) is 0 Å². The molecular weight excluding hydrogens is 374 g/mol. The third kappa shape index (κ3) is 7.56. The van der Waals surface area contributed by atoms with E-state index in [1.807, 2.05) is 55.6 Å². The summed E-state index contributed by atoms with van der Waals surface area (Å²) in [4.78, 5) is 16.7. The number of likely N-dealkylation sites (N-methyl/N-ethyl adjacent to an activating group) is 1. The molecule has 2 aromatic rings. The molecule has 3 rings (SSSR count). The van der Waals surface area contributed by atoms with Crippen LogP contribution in [0.15, 0.2) is 60.7 Å². The van der Waals surface area contributed by atoms with Gasteiger partial charge in [0.15, 0.2) is 0 Å². The monoisotopic (exact) mass is 409 g/mol. The van der Waals surface area contributed by atoms with Gasteiger partial charge < -0.3 is 15.3 Å². The highest BCUT2D eigenvalue weighted by molar-refractivity contribution is 5.77. The lowest BCUT2D eigenvalue weighted by molar-refractivity contribution is -0.122. The summed E-state index contributed by atoms with van der Waals surface area (Å²) in [5.74, 6) is 0.703. The topological polar surface area (TPSA) is 55.8 Å². The molecule has 0 bridgehead atoms. The number of carbonyl (C=O) groups excluding carboxylic acids is 1. The predicted molar refractivity (Wildman–Crippen MR) is 121 cm³/mol. The van der Waals surface area contributed by atoms with Gasteiger partial charge in [-0.3, -0.25) is 9.69 Å². The van der Waals surface area contributed by atoms with E-state index in [0.717, 1.165) is 44.5 Å². The number of benzene rings is 2. The summed E-state index contributed by atoms with van der Waals surface area (Å²) in [5, 5.41) is 13.5. The molecule has 2 N–H and O–H groups in total. The first-order chi connectivity index (χ1) is 14.6. The van der Waals surface area contributed by atoms with Gasteiger partial charge in [0, 0.05) is 19.6 Å². The summed E-state index contributed by atoms with van der Waals surface area (Å²) < 4.78 is 0. The molecule has 0 spiro atoms. The number of aliphatic hydroxyl groups is 1. The highest BCUT2D eigenvalue weighted by Crippen LogP contribution is 2.21. The summed E-state index contributed by atoms with van der Waals surface area (Å²) in [5.41, 5.74) is 2.23. The van der Waals surface area contributed by atoms with Gasteiger partial charge >= 0.3 is 0 Å². The van der Waals surface area contributed by atoms with Gasteiger partial charge in [-0.25, -0.2) is 0 Å². The van der Waals surface area contributed by atoms with Gasteiger partial charge in [-0.1, -0.05) is 60.7 Å². The van der Waals surface area contributed by atoms with Crippen molar-refractivity contribution in [2.45, 2.75) is 25.4 Å². The molecule has 1 fully saturated rings. The second-order valence-electron chi connectivity index (χ2n) is 8.45. The molecule has 2 aromatic carbocycles. The third-order valence-corrected chi connectivity index (χ3v) is 5.88. The summed E-state index contributed by atoms with van der Waals surface area (Å²) >= 11 is 0. The van der Waals surface area contributed by atoms with Crippen molar-refractivity contribution in [2.75, 3.05) is 46.3 Å². The highest BCUT2D eigenvalue weighted by Gasteiger charge is 2.23. The maximum atomic E-state index is 12.2. The number of rotatable bonds is 10. The van der Waals surface area contributed by atoms with Crippen LogP contribution >= 0.6 is 0 Å². The minimum atomic E-state index is -0.426. The van der Waals surface area contributed by atoms with Crippen molar-refractivity contribution in [3.63, 3.8) is 0 Å². The molecule has 1 saturated heterocycles. The van der Waals surface area contributed by atoms with Crippen LogP contribution in [0.25, 0.3) is 0 Å². The number of hydrogen-bond acceptors (Lipinski definition) is 4. The number of nitrogens with one attached hydrogen (secondary N) is 1. The molecule has 0 saturated carbocycles. The van der Waals surface area contributed by atoms with E-state index in [1.165, 1.54) is 5.56 Å². The number of likely N-dealkylation sites (tertiary alicyclic amines) is 1. The number of β-amino-alcohol motifs (C(OH)–C–C–N with tert-alkyl or cyclic N) is 1. The van der Waals surface area contributed by atoms with Crippen molar-refractivity contribution >= 4 is 5.91 Å². The van der Waals surface area contributed by atoms with Gasteiger partial charge in [-0.2, -0.15) is 0 Å². The van der Waals surface area contributed by atoms with E-state index in [9.17, 15) is 9.90 Å². The number of nitrogens with zero attached hydrogens (tertiary/aromatic N) is 2. The number of amides is 1. The van der Waals surface area contributed by atoms with Crippen LogP contribution in [0.4, 0.5) is 0 Å². The van der Waals surface area contributed by atoms with E-state index < -0.39 is 6.10 Å². The number of carbonyl (C=O) groups is 1. The number of piperidine rings is 1. The molecule has 162 valence electrons. The van der Waals surface area contributed by atoms with E-state index in [1.54, 1.807) is 0 Å². The number of hydrogen-bond donors (Lipinski definition) is 2. The molecule has 5 nitrogen and oxygen atoms in total. The molecule has 0 aliphatic carbocycles. The van der Waals surface area contributed by atoms with Gasteiger partial charge in [0.2, 0.25) is 5.91 Å². The smallest absolute Gasteiger partial charge is 0.234 e. The second kappa shape index (κ2) is 11.8. The fraction of sp³-hybridized carbons (Fsp3) is 0.480. The van der Waals surface area contributed by atoms with Crippen LogP contribution in [-0.2, 0) is 11.2 Å². The molecule has 1 unspecified atom stereocenters. The molecule has 1 aliphatic rings. The second-order valence-corrected chi connectivity index (χ2v) is 8.45. The Labute approximate surface area is 180 Å². The van der Waals surface area contributed by atoms with Crippen LogP contribution in [0.3, 0.4) is 0 Å². The van der Waals surface area contributed by atoms with Crippen molar-refractivity contribution in [3.8, 4) is 0 Å². The summed E-state index contributed by atoms with van der Waals surface area (Å²) in [6, 6.07) is 20.1. The maximum Gasteiger partial charge on any atom is 0.234 e. The fourth-order valence-electron chi connectivity index (χ4n) is 4.17. The van der Waals surface area contributed by atoms with E-state index in [0.29, 0.717) is 25.6 Å². The van der Waals surface area contributed by atoms with Gasteiger partial charge in [-0.05, 0) is 56.4 Å². The van der Waals surface area contributed by atoms with Gasteiger partial charge in [0.1, 0.15) is 0 Å². The Hall–Kier alpha value is -2.21. The standard InChI is InChI=1S/C25H35N3O2/c1-27(20-25(30)26-15-12-21-8-4-2-5-9-21)18-22-13-16-28(17-14-22)19-24(29)23-10-6-3-7-11-23/h2-11,22,24,29H,12-20H2,1H3,(H,26,30). The SMILES string of the molecule is CN(CC(=O)NCCc1ccccc1)CC1CCN(CC(O)c2ccccc2)CC1. The van der Waals surface area contributed by atoms with Crippen molar-refractivity contribution < 1.29 is 9.90 Å². The lowest BCUT2D eigenvalue weighted by Gasteiger charge is -2.34. The predicted octanol–water partition coefficient (Wildman–Crippen LogP) is 2.72. The molecule has 1 amide bonds. The van der Waals surface area contributed by atoms with Crippen LogP contribution in [0.2, 0.25) is 0 Å². The molecule has 1 heterocycles. The average Bonchev–Trinajstić information content (AvgIpc) is 2.76. The Morgan fingerprint density at radius 3 is 2.40 bits per heavy atom. The summed E-state index contributed by atoms with van der Waals surface area (Å²) in [7, 11) is 2.03. The third-order valence-electron chi connectivity index (χ3n) is 5.88. The van der Waals surface area contributed by atoms with Crippen LogP contribution in [0, 0.1) is 5.92 Å². The van der Waals surface area contributed by atoms with Gasteiger partial charge in [-0.15, -0.1) is 0 Å². The van der Waals surface area contributed by atoms with E-state index >= 15 is 0 Å². The Balaban J connectivity index is 1.30. The largest absolute Gasteiger partial charge is 0.387 e. The van der Waals surface area contributed by atoms with Crippen LogP contribution < -0.4 is 5.32 Å². The normalized spacial score (nSPS) is 16.5. The van der Waals surface area contributed by atoms with Gasteiger partial charge in [0.05, 0.1) is 12.6 Å². The maximum absolute atomic E-state index is 12.2. The first-order valence-electron chi connectivity index (χ1n) is 11.0. The van der Waals surface area contributed by atoms with Crippen LogP contribution in [0.5, 0.6) is 0 Å². The summed E-state index contributed by atoms with van der Waals surface area (Å²) in [6.07, 6.45) is 2.66. The molecule has 0 radical (unpaired) electrons. The van der Waals surface area contributed by atoms with Crippen molar-refractivity contribution in [3.05, 3.63) is 71.8 Å². The summed E-state index contributed by atoms with van der Waals surface area (Å²) in [6.45, 7) is 4.77. The quantitative estimate of drug-likeness (QED) is 0.634. The molecule has 1 aliphatic heterocycles. The van der Waals surface area contributed by atoms with E-state index in [2.05, 4.69) is 27.2 Å². The fourth-order valence-corrected chi connectivity index (χ4v) is 4.17. The van der Waals surface area contributed by atoms with Crippen molar-refractivity contribution in [1.82, 2.24) is 15.1 Å². The Morgan fingerprint density at radius 2 is 1.73 bits per heavy atom. The molecule has 1 atom stereocenters. The van der Waals surface area contributed by atoms with E-state index in [4.69, 9.17) is 0 Å². The van der Waals surface area contributed by atoms with Crippen molar-refractivity contribution in [2.24, 2.45) is 5.92 Å². The zero-order valence-electron chi connectivity index (χ0n) is 18.0. The van der Waals surface area contributed by atoms with Gasteiger partial charge in [0.25, 0.3) is 0 Å². The Bertz CT molecular complexity index is 746. The minimum absolute atomic E-state index is 0.0943. The number of aliphatic hydroxyl groups excluding tert-OH is 1. The Kier molecular flexibility index (Phi) is 8.87. The zero-order chi connectivity index (χ0) is 21.2. The molecular formula is C25H35N3O2.